The lowest BCUT2D eigenvalue weighted by atomic mass is 10.0. The van der Waals surface area contributed by atoms with Gasteiger partial charge in [0.25, 0.3) is 0 Å². The summed E-state index contributed by atoms with van der Waals surface area (Å²) in [7, 11) is 0. The fourth-order valence-corrected chi connectivity index (χ4v) is 3.11. The minimum Gasteiger partial charge on any atom is -0.206 e. The number of benzene rings is 3. The number of rotatable bonds is 4. The number of hydrogen-bond acceptors (Lipinski definition) is 2. The van der Waals surface area contributed by atoms with Crippen LogP contribution in [-0.4, -0.2) is 0 Å². The zero-order valence-corrected chi connectivity index (χ0v) is 13.6. The van der Waals surface area contributed by atoms with Crippen LogP contribution in [0.3, 0.4) is 0 Å². The van der Waals surface area contributed by atoms with Gasteiger partial charge in [0.15, 0.2) is 0 Å². The maximum absolute atomic E-state index is 13.8. The normalized spacial score (nSPS) is 11.1. The molecule has 0 radical (unpaired) electrons. The summed E-state index contributed by atoms with van der Waals surface area (Å²) in [6, 6.07) is 26.4. The Bertz CT molecular complexity index is 893. The highest BCUT2D eigenvalue weighted by Gasteiger charge is 2.06. The SMILES string of the molecule is N#C/C(=C/c1ccc(Sc2ccccc2)cc1)c1ccccc1F. The summed E-state index contributed by atoms with van der Waals surface area (Å²) >= 11 is 1.67. The topological polar surface area (TPSA) is 23.8 Å². The van der Waals surface area contributed by atoms with Crippen LogP contribution >= 0.6 is 11.8 Å². The first-order valence-corrected chi connectivity index (χ1v) is 8.27. The summed E-state index contributed by atoms with van der Waals surface area (Å²) in [6.45, 7) is 0. The fraction of sp³-hybridized carbons (Fsp3) is 0. The second-order valence-electron chi connectivity index (χ2n) is 5.13. The molecule has 0 saturated heterocycles. The van der Waals surface area contributed by atoms with E-state index < -0.39 is 0 Å². The third kappa shape index (κ3) is 3.92. The minimum atomic E-state index is -0.387. The molecule has 3 aromatic carbocycles. The maximum atomic E-state index is 13.8. The van der Waals surface area contributed by atoms with E-state index in [-0.39, 0.29) is 5.82 Å². The first kappa shape index (κ1) is 16.0. The van der Waals surface area contributed by atoms with E-state index in [1.54, 1.807) is 36.0 Å². The average molecular weight is 331 g/mol. The van der Waals surface area contributed by atoms with E-state index in [9.17, 15) is 9.65 Å². The molecule has 0 aliphatic carbocycles. The molecule has 0 aliphatic heterocycles. The van der Waals surface area contributed by atoms with E-state index in [4.69, 9.17) is 0 Å². The van der Waals surface area contributed by atoms with Gasteiger partial charge in [0, 0.05) is 15.4 Å². The van der Waals surface area contributed by atoms with Crippen molar-refractivity contribution < 1.29 is 4.39 Å². The lowest BCUT2D eigenvalue weighted by Crippen LogP contribution is -1.87. The Labute approximate surface area is 145 Å². The minimum absolute atomic E-state index is 0.316. The van der Waals surface area contributed by atoms with Crippen LogP contribution in [0.4, 0.5) is 4.39 Å². The van der Waals surface area contributed by atoms with Gasteiger partial charge in [-0.15, -0.1) is 0 Å². The van der Waals surface area contributed by atoms with Crippen molar-refractivity contribution in [2.45, 2.75) is 9.79 Å². The zero-order chi connectivity index (χ0) is 16.8. The standard InChI is InChI=1S/C21H14FNS/c22-21-9-5-4-8-20(21)17(15-23)14-16-10-12-19(13-11-16)24-18-6-2-1-3-7-18/h1-14H/b17-14-. The molecule has 0 amide bonds. The van der Waals surface area contributed by atoms with Gasteiger partial charge in [0.1, 0.15) is 5.82 Å². The summed E-state index contributed by atoms with van der Waals surface area (Å²) in [5.74, 6) is -0.387. The van der Waals surface area contributed by atoms with Gasteiger partial charge in [-0.2, -0.15) is 5.26 Å². The van der Waals surface area contributed by atoms with Crippen LogP contribution in [0.5, 0.6) is 0 Å². The van der Waals surface area contributed by atoms with Crippen molar-refractivity contribution >= 4 is 23.4 Å². The number of allylic oxidation sites excluding steroid dienone is 1. The van der Waals surface area contributed by atoms with Gasteiger partial charge in [-0.25, -0.2) is 4.39 Å². The maximum Gasteiger partial charge on any atom is 0.131 e. The van der Waals surface area contributed by atoms with E-state index in [1.165, 1.54) is 11.0 Å². The molecular weight excluding hydrogens is 317 g/mol. The molecule has 0 heterocycles. The van der Waals surface area contributed by atoms with E-state index in [0.29, 0.717) is 11.1 Å². The molecule has 0 N–H and O–H groups in total. The van der Waals surface area contributed by atoms with Crippen molar-refractivity contribution in [1.29, 1.82) is 5.26 Å². The number of nitriles is 1. The summed E-state index contributed by atoms with van der Waals surface area (Å²) in [5, 5.41) is 9.33. The van der Waals surface area contributed by atoms with Gasteiger partial charge in [-0.3, -0.25) is 0 Å². The molecule has 1 nitrogen and oxygen atoms in total. The first-order chi connectivity index (χ1) is 11.8. The molecule has 3 aromatic rings. The molecule has 0 saturated carbocycles. The highest BCUT2D eigenvalue weighted by Crippen LogP contribution is 2.28. The van der Waals surface area contributed by atoms with Gasteiger partial charge in [0.05, 0.1) is 11.6 Å². The molecule has 3 rings (SSSR count). The highest BCUT2D eigenvalue weighted by molar-refractivity contribution is 7.99. The Morgan fingerprint density at radius 1 is 0.833 bits per heavy atom. The van der Waals surface area contributed by atoms with Crippen molar-refractivity contribution in [1.82, 2.24) is 0 Å². The molecule has 24 heavy (non-hydrogen) atoms. The lowest BCUT2D eigenvalue weighted by molar-refractivity contribution is 0.624. The zero-order valence-electron chi connectivity index (χ0n) is 12.8. The molecule has 0 bridgehead atoms. The van der Waals surface area contributed by atoms with Crippen LogP contribution in [-0.2, 0) is 0 Å². The fourth-order valence-electron chi connectivity index (χ4n) is 2.27. The van der Waals surface area contributed by atoms with Gasteiger partial charge in [-0.1, -0.05) is 60.3 Å². The molecule has 0 unspecified atom stereocenters. The number of halogens is 1. The molecule has 0 fully saturated rings. The second-order valence-corrected chi connectivity index (χ2v) is 6.28. The third-order valence-corrected chi connectivity index (χ3v) is 4.47. The molecule has 3 heteroatoms. The van der Waals surface area contributed by atoms with Crippen LogP contribution < -0.4 is 0 Å². The van der Waals surface area contributed by atoms with Gasteiger partial charge < -0.3 is 0 Å². The largest absolute Gasteiger partial charge is 0.206 e. The molecule has 0 spiro atoms. The predicted molar refractivity (Wildman–Crippen MR) is 96.9 cm³/mol. The van der Waals surface area contributed by atoms with Gasteiger partial charge in [-0.05, 0) is 42.0 Å². The van der Waals surface area contributed by atoms with E-state index >= 15 is 0 Å². The smallest absolute Gasteiger partial charge is 0.131 e. The lowest BCUT2D eigenvalue weighted by Gasteiger charge is -2.04. The number of nitrogens with zero attached hydrogens (tertiary/aromatic N) is 1. The highest BCUT2D eigenvalue weighted by atomic mass is 32.2. The van der Waals surface area contributed by atoms with Crippen molar-refractivity contribution in [3.8, 4) is 6.07 Å². The van der Waals surface area contributed by atoms with Crippen LogP contribution in [0, 0.1) is 17.1 Å². The molecule has 116 valence electrons. The predicted octanol–water partition coefficient (Wildman–Crippen LogP) is 6.04. The summed E-state index contributed by atoms with van der Waals surface area (Å²) in [5.41, 5.74) is 1.51. The second kappa shape index (κ2) is 7.63. The Balaban J connectivity index is 1.83. The molecular formula is C21H14FNS. The Hall–Kier alpha value is -2.83. The van der Waals surface area contributed by atoms with Gasteiger partial charge >= 0.3 is 0 Å². The Kier molecular flexibility index (Phi) is 5.10. The monoisotopic (exact) mass is 331 g/mol. The summed E-state index contributed by atoms with van der Waals surface area (Å²) in [6.07, 6.45) is 1.70. The van der Waals surface area contributed by atoms with Crippen molar-refractivity contribution in [2.24, 2.45) is 0 Å². The van der Waals surface area contributed by atoms with Gasteiger partial charge in [0.2, 0.25) is 0 Å². The number of hydrogen-bond donors (Lipinski definition) is 0. The van der Waals surface area contributed by atoms with E-state index in [0.717, 1.165) is 10.5 Å². The molecule has 0 aliphatic rings. The first-order valence-electron chi connectivity index (χ1n) is 7.46. The van der Waals surface area contributed by atoms with Crippen LogP contribution in [0.1, 0.15) is 11.1 Å². The third-order valence-electron chi connectivity index (χ3n) is 3.45. The van der Waals surface area contributed by atoms with E-state index in [2.05, 4.69) is 18.2 Å². The van der Waals surface area contributed by atoms with Crippen LogP contribution in [0.2, 0.25) is 0 Å². The summed E-state index contributed by atoms with van der Waals surface area (Å²) in [4.78, 5) is 2.28. The summed E-state index contributed by atoms with van der Waals surface area (Å²) < 4.78 is 13.8. The Morgan fingerprint density at radius 2 is 1.46 bits per heavy atom. The van der Waals surface area contributed by atoms with Crippen molar-refractivity contribution in [3.05, 3.63) is 95.8 Å². The van der Waals surface area contributed by atoms with E-state index in [1.807, 2.05) is 42.5 Å². The molecule has 0 atom stereocenters. The van der Waals surface area contributed by atoms with Crippen molar-refractivity contribution in [2.75, 3.05) is 0 Å². The quantitative estimate of drug-likeness (QED) is 0.430. The van der Waals surface area contributed by atoms with Crippen LogP contribution in [0.15, 0.2) is 88.7 Å². The van der Waals surface area contributed by atoms with Crippen molar-refractivity contribution in [3.63, 3.8) is 0 Å². The van der Waals surface area contributed by atoms with Crippen LogP contribution in [0.25, 0.3) is 11.6 Å². The average Bonchev–Trinajstić information content (AvgIpc) is 2.63. The Morgan fingerprint density at radius 3 is 2.12 bits per heavy atom. The molecule has 0 aromatic heterocycles.